The van der Waals surface area contributed by atoms with Gasteiger partial charge in [0.05, 0.1) is 5.02 Å². The van der Waals surface area contributed by atoms with E-state index >= 15 is 0 Å². The van der Waals surface area contributed by atoms with Crippen molar-refractivity contribution < 1.29 is 4.79 Å². The van der Waals surface area contributed by atoms with Crippen LogP contribution in [0.5, 0.6) is 0 Å². The second-order valence-corrected chi connectivity index (χ2v) is 7.11. The number of aromatic nitrogens is 2. The zero-order valence-electron chi connectivity index (χ0n) is 13.7. The maximum Gasteiger partial charge on any atom is 0.271 e. The van der Waals surface area contributed by atoms with Crippen LogP contribution < -0.4 is 10.6 Å². The fourth-order valence-electron chi connectivity index (χ4n) is 2.49. The molecule has 8 heteroatoms. The summed E-state index contributed by atoms with van der Waals surface area (Å²) in [7, 11) is 0. The van der Waals surface area contributed by atoms with Gasteiger partial charge in [-0.2, -0.15) is 0 Å². The molecule has 0 spiro atoms. The van der Waals surface area contributed by atoms with E-state index in [0.29, 0.717) is 22.3 Å². The molecular weight excluding hydrogens is 358 g/mol. The van der Waals surface area contributed by atoms with Crippen LogP contribution in [0.4, 0.5) is 0 Å². The minimum atomic E-state index is -0.197. The summed E-state index contributed by atoms with van der Waals surface area (Å²) in [6.07, 6.45) is 0. The van der Waals surface area contributed by atoms with Gasteiger partial charge in [-0.3, -0.25) is 9.69 Å². The Bertz CT molecular complexity index is 706. The van der Waals surface area contributed by atoms with Crippen molar-refractivity contribution in [2.45, 2.75) is 9.92 Å². The van der Waals surface area contributed by atoms with E-state index < -0.39 is 0 Å². The summed E-state index contributed by atoms with van der Waals surface area (Å²) >= 11 is 7.56. The molecule has 2 heterocycles. The predicted octanol–water partition coefficient (Wildman–Crippen LogP) is 1.92. The molecule has 0 unspecified atom stereocenters. The average Bonchev–Trinajstić information content (AvgIpc) is 2.65. The quantitative estimate of drug-likeness (QED) is 0.801. The highest BCUT2D eigenvalue weighted by Gasteiger charge is 2.12. The van der Waals surface area contributed by atoms with E-state index in [0.717, 1.165) is 37.6 Å². The number of rotatable bonds is 6. The van der Waals surface area contributed by atoms with Crippen molar-refractivity contribution in [2.24, 2.45) is 0 Å². The lowest BCUT2D eigenvalue weighted by atomic mass is 10.3. The molecule has 0 bridgehead atoms. The summed E-state index contributed by atoms with van der Waals surface area (Å²) in [6, 6.07) is 11.0. The zero-order valence-corrected chi connectivity index (χ0v) is 15.3. The lowest BCUT2D eigenvalue weighted by Gasteiger charge is -2.26. The van der Waals surface area contributed by atoms with Crippen LogP contribution in [0.25, 0.3) is 0 Å². The number of carbonyl (C=O) groups excluding carboxylic acids is 1. The third-order valence-electron chi connectivity index (χ3n) is 3.85. The lowest BCUT2D eigenvalue weighted by Crippen LogP contribution is -2.46. The van der Waals surface area contributed by atoms with Crippen LogP contribution in [0.3, 0.4) is 0 Å². The first-order valence-corrected chi connectivity index (χ1v) is 9.39. The maximum absolute atomic E-state index is 12.1. The third-order valence-corrected chi connectivity index (χ3v) is 5.29. The van der Waals surface area contributed by atoms with Crippen molar-refractivity contribution in [3.63, 3.8) is 0 Å². The highest BCUT2D eigenvalue weighted by atomic mass is 35.5. The number of nitrogens with one attached hydrogen (secondary N) is 2. The van der Waals surface area contributed by atoms with Gasteiger partial charge in [0, 0.05) is 44.2 Å². The van der Waals surface area contributed by atoms with Gasteiger partial charge in [-0.1, -0.05) is 35.5 Å². The maximum atomic E-state index is 12.1. The normalized spacial score (nSPS) is 15.1. The van der Waals surface area contributed by atoms with Crippen LogP contribution in [0.2, 0.25) is 5.02 Å². The van der Waals surface area contributed by atoms with Crippen molar-refractivity contribution in [2.75, 3.05) is 39.3 Å². The second-order valence-electron chi connectivity index (χ2n) is 5.64. The van der Waals surface area contributed by atoms with Crippen molar-refractivity contribution in [1.82, 2.24) is 25.7 Å². The summed E-state index contributed by atoms with van der Waals surface area (Å²) < 4.78 is 0. The number of hydrogen-bond donors (Lipinski definition) is 2. The Labute approximate surface area is 156 Å². The van der Waals surface area contributed by atoms with Gasteiger partial charge in [0.15, 0.2) is 5.69 Å². The van der Waals surface area contributed by atoms with E-state index in [2.05, 4.69) is 25.7 Å². The Kier molecular flexibility index (Phi) is 6.63. The number of hydrogen-bond acceptors (Lipinski definition) is 6. The number of nitrogens with zero attached hydrogens (tertiary/aromatic N) is 3. The molecule has 0 radical (unpaired) electrons. The minimum Gasteiger partial charge on any atom is -0.349 e. The highest BCUT2D eigenvalue weighted by molar-refractivity contribution is 7.99. The van der Waals surface area contributed by atoms with E-state index in [9.17, 15) is 4.79 Å². The third kappa shape index (κ3) is 5.40. The van der Waals surface area contributed by atoms with E-state index in [1.807, 2.05) is 24.3 Å². The minimum absolute atomic E-state index is 0.197. The summed E-state index contributed by atoms with van der Waals surface area (Å²) in [6.45, 7) is 5.50. The van der Waals surface area contributed by atoms with Gasteiger partial charge < -0.3 is 10.6 Å². The lowest BCUT2D eigenvalue weighted by molar-refractivity contribution is 0.0941. The van der Waals surface area contributed by atoms with Crippen molar-refractivity contribution in [3.05, 3.63) is 47.1 Å². The number of carbonyl (C=O) groups is 1. The number of benzene rings is 1. The molecule has 2 aromatic rings. The van der Waals surface area contributed by atoms with Gasteiger partial charge in [0.1, 0.15) is 5.03 Å². The smallest absolute Gasteiger partial charge is 0.271 e. The first-order valence-electron chi connectivity index (χ1n) is 8.20. The van der Waals surface area contributed by atoms with Crippen LogP contribution in [-0.2, 0) is 0 Å². The molecule has 1 aliphatic heterocycles. The summed E-state index contributed by atoms with van der Waals surface area (Å²) in [5.41, 5.74) is 0.323. The van der Waals surface area contributed by atoms with Gasteiger partial charge in [-0.15, -0.1) is 10.2 Å². The van der Waals surface area contributed by atoms with Crippen LogP contribution in [0.15, 0.2) is 46.3 Å². The average molecular weight is 378 g/mol. The SMILES string of the molecule is O=C(NCCN1CCNCC1)c1ccc(Sc2ccccc2Cl)nn1. The second kappa shape index (κ2) is 9.15. The van der Waals surface area contributed by atoms with Gasteiger partial charge in [-0.25, -0.2) is 0 Å². The van der Waals surface area contributed by atoms with E-state index in [1.165, 1.54) is 11.8 Å². The first-order chi connectivity index (χ1) is 12.2. The van der Waals surface area contributed by atoms with E-state index in [1.54, 1.807) is 12.1 Å². The van der Waals surface area contributed by atoms with Crippen molar-refractivity contribution >= 4 is 29.3 Å². The molecule has 1 amide bonds. The van der Waals surface area contributed by atoms with Gasteiger partial charge in [0.25, 0.3) is 5.91 Å². The molecule has 1 aromatic heterocycles. The highest BCUT2D eigenvalue weighted by Crippen LogP contribution is 2.31. The van der Waals surface area contributed by atoms with Gasteiger partial charge in [-0.05, 0) is 24.3 Å². The van der Waals surface area contributed by atoms with Gasteiger partial charge in [0.2, 0.25) is 0 Å². The number of piperazine rings is 1. The molecule has 3 rings (SSSR count). The summed E-state index contributed by atoms with van der Waals surface area (Å²) in [4.78, 5) is 15.4. The fraction of sp³-hybridized carbons (Fsp3) is 0.353. The molecule has 1 aromatic carbocycles. The molecule has 6 nitrogen and oxygen atoms in total. The number of halogens is 1. The Morgan fingerprint density at radius 3 is 2.72 bits per heavy atom. The van der Waals surface area contributed by atoms with Crippen molar-refractivity contribution in [1.29, 1.82) is 0 Å². The largest absolute Gasteiger partial charge is 0.349 e. The van der Waals surface area contributed by atoms with Crippen LogP contribution in [-0.4, -0.2) is 60.3 Å². The Morgan fingerprint density at radius 1 is 1.20 bits per heavy atom. The molecule has 1 aliphatic rings. The molecule has 1 fully saturated rings. The van der Waals surface area contributed by atoms with Crippen LogP contribution in [0.1, 0.15) is 10.5 Å². The van der Waals surface area contributed by atoms with Gasteiger partial charge >= 0.3 is 0 Å². The van der Waals surface area contributed by atoms with E-state index in [-0.39, 0.29) is 5.91 Å². The molecule has 25 heavy (non-hydrogen) atoms. The molecular formula is C17H20ClN5OS. The fourth-order valence-corrected chi connectivity index (χ4v) is 3.50. The van der Waals surface area contributed by atoms with E-state index in [4.69, 9.17) is 11.6 Å². The Balaban J connectivity index is 1.49. The molecule has 0 saturated carbocycles. The van der Waals surface area contributed by atoms with Crippen LogP contribution in [0, 0.1) is 0 Å². The monoisotopic (exact) mass is 377 g/mol. The number of amides is 1. The topological polar surface area (TPSA) is 70.2 Å². The molecule has 1 saturated heterocycles. The Morgan fingerprint density at radius 2 is 2.00 bits per heavy atom. The summed E-state index contributed by atoms with van der Waals surface area (Å²) in [5.74, 6) is -0.197. The standard InChI is InChI=1S/C17H20ClN5OS/c18-13-3-1-2-4-15(13)25-16-6-5-14(21-22-16)17(24)20-9-12-23-10-7-19-8-11-23/h1-6,19H,7-12H2,(H,20,24). The van der Waals surface area contributed by atoms with Crippen LogP contribution >= 0.6 is 23.4 Å². The predicted molar refractivity (Wildman–Crippen MR) is 99.2 cm³/mol. The Hall–Kier alpha value is -1.67. The zero-order chi connectivity index (χ0) is 17.5. The molecule has 2 N–H and O–H groups in total. The summed E-state index contributed by atoms with van der Waals surface area (Å²) in [5, 5.41) is 15.7. The first kappa shape index (κ1) is 18.1. The van der Waals surface area contributed by atoms with Crippen molar-refractivity contribution in [3.8, 4) is 0 Å². The molecule has 0 atom stereocenters. The molecule has 132 valence electrons. The molecule has 0 aliphatic carbocycles.